The number of nitrogens with two attached hydrogens (primary N) is 1. The Bertz CT molecular complexity index is 398. The van der Waals surface area contributed by atoms with E-state index in [9.17, 15) is 4.79 Å². The van der Waals surface area contributed by atoms with Crippen molar-refractivity contribution in [1.29, 1.82) is 0 Å². The number of ether oxygens (including phenoxy) is 1. The molecule has 1 heterocycles. The highest BCUT2D eigenvalue weighted by molar-refractivity contribution is 5.93. The van der Waals surface area contributed by atoms with Gasteiger partial charge in [-0.1, -0.05) is 0 Å². The molecule has 1 aromatic rings. The number of carbonyl (C=O) groups is 1. The minimum absolute atomic E-state index is 0.0167. The third-order valence-corrected chi connectivity index (χ3v) is 2.81. The van der Waals surface area contributed by atoms with Crippen LogP contribution in [0.3, 0.4) is 0 Å². The van der Waals surface area contributed by atoms with Crippen molar-refractivity contribution in [2.45, 2.75) is 13.3 Å². The molecule has 1 amide bonds. The molecule has 1 aliphatic rings. The third kappa shape index (κ3) is 2.33. The molecule has 4 heteroatoms. The van der Waals surface area contributed by atoms with Gasteiger partial charge in [0.25, 0.3) is 0 Å². The fourth-order valence-corrected chi connectivity index (χ4v) is 1.80. The Labute approximate surface area is 94.8 Å². The van der Waals surface area contributed by atoms with Crippen molar-refractivity contribution in [3.63, 3.8) is 0 Å². The van der Waals surface area contributed by atoms with E-state index < -0.39 is 0 Å². The highest BCUT2D eigenvalue weighted by Crippen LogP contribution is 2.20. The number of hydrogen-bond donors (Lipinski definition) is 2. The van der Waals surface area contributed by atoms with Gasteiger partial charge in [0.1, 0.15) is 0 Å². The Balaban J connectivity index is 2.05. The van der Waals surface area contributed by atoms with Crippen LogP contribution in [0.1, 0.15) is 12.0 Å². The molecular formula is C12H16N2O2. The van der Waals surface area contributed by atoms with Crippen molar-refractivity contribution in [3.05, 3.63) is 23.8 Å². The maximum Gasteiger partial charge on any atom is 0.229 e. The quantitative estimate of drug-likeness (QED) is 0.743. The molecule has 86 valence electrons. The molecule has 1 fully saturated rings. The molecule has 0 aliphatic carbocycles. The number of nitrogen functional groups attached to an aromatic ring is 1. The van der Waals surface area contributed by atoms with E-state index in [2.05, 4.69) is 5.32 Å². The summed E-state index contributed by atoms with van der Waals surface area (Å²) in [5.74, 6) is 0.0160. The molecule has 4 nitrogen and oxygen atoms in total. The number of aryl methyl sites for hydroxylation is 1. The molecule has 1 aliphatic heterocycles. The molecule has 1 unspecified atom stereocenters. The van der Waals surface area contributed by atoms with Gasteiger partial charge in [0.2, 0.25) is 5.91 Å². The standard InChI is InChI=1S/C12H16N2O2/c1-8-6-10(13)2-3-11(8)14-12(15)9-4-5-16-7-9/h2-3,6,9H,4-5,7,13H2,1H3,(H,14,15). The average Bonchev–Trinajstić information content (AvgIpc) is 2.75. The number of benzene rings is 1. The second-order valence-electron chi connectivity index (χ2n) is 4.12. The van der Waals surface area contributed by atoms with E-state index in [-0.39, 0.29) is 11.8 Å². The van der Waals surface area contributed by atoms with Crippen molar-refractivity contribution in [2.75, 3.05) is 24.3 Å². The molecule has 1 aromatic carbocycles. The zero-order valence-corrected chi connectivity index (χ0v) is 9.32. The lowest BCUT2D eigenvalue weighted by Crippen LogP contribution is -2.23. The average molecular weight is 220 g/mol. The minimum atomic E-state index is -0.0167. The Hall–Kier alpha value is -1.55. The van der Waals surface area contributed by atoms with E-state index in [0.29, 0.717) is 18.9 Å². The lowest BCUT2D eigenvalue weighted by atomic mass is 10.1. The number of nitrogens with one attached hydrogen (secondary N) is 1. The van der Waals surface area contributed by atoms with Crippen molar-refractivity contribution >= 4 is 17.3 Å². The van der Waals surface area contributed by atoms with Crippen molar-refractivity contribution < 1.29 is 9.53 Å². The van der Waals surface area contributed by atoms with Crippen LogP contribution in [0.25, 0.3) is 0 Å². The van der Waals surface area contributed by atoms with Crippen LogP contribution in [0, 0.1) is 12.8 Å². The Morgan fingerprint density at radius 3 is 3.00 bits per heavy atom. The first kappa shape index (κ1) is 11.0. The summed E-state index contributed by atoms with van der Waals surface area (Å²) in [5.41, 5.74) is 8.16. The van der Waals surface area contributed by atoms with Gasteiger partial charge in [0.05, 0.1) is 12.5 Å². The topological polar surface area (TPSA) is 64.3 Å². The maximum absolute atomic E-state index is 11.8. The summed E-state index contributed by atoms with van der Waals surface area (Å²) < 4.78 is 5.18. The summed E-state index contributed by atoms with van der Waals surface area (Å²) in [7, 11) is 0. The molecule has 1 atom stereocenters. The van der Waals surface area contributed by atoms with E-state index in [1.165, 1.54) is 0 Å². The van der Waals surface area contributed by atoms with Crippen LogP contribution in [0.15, 0.2) is 18.2 Å². The number of hydrogen-bond acceptors (Lipinski definition) is 3. The second kappa shape index (κ2) is 4.53. The zero-order chi connectivity index (χ0) is 11.5. The molecule has 2 rings (SSSR count). The number of carbonyl (C=O) groups excluding carboxylic acids is 1. The third-order valence-electron chi connectivity index (χ3n) is 2.81. The molecule has 0 spiro atoms. The lowest BCUT2D eigenvalue weighted by Gasteiger charge is -2.11. The summed E-state index contributed by atoms with van der Waals surface area (Å²) in [5, 5.41) is 2.90. The van der Waals surface area contributed by atoms with Crippen LogP contribution in [0.2, 0.25) is 0 Å². The molecule has 0 radical (unpaired) electrons. The molecule has 0 aromatic heterocycles. The first-order chi connectivity index (χ1) is 7.66. The van der Waals surface area contributed by atoms with E-state index in [1.54, 1.807) is 6.07 Å². The molecule has 0 bridgehead atoms. The zero-order valence-electron chi connectivity index (χ0n) is 9.32. The van der Waals surface area contributed by atoms with Crippen LogP contribution in [0.4, 0.5) is 11.4 Å². The van der Waals surface area contributed by atoms with Crippen LogP contribution in [0.5, 0.6) is 0 Å². The van der Waals surface area contributed by atoms with Crippen molar-refractivity contribution in [1.82, 2.24) is 0 Å². The Morgan fingerprint density at radius 2 is 2.38 bits per heavy atom. The van der Waals surface area contributed by atoms with Gasteiger partial charge in [-0.2, -0.15) is 0 Å². The van der Waals surface area contributed by atoms with E-state index in [1.807, 2.05) is 19.1 Å². The smallest absolute Gasteiger partial charge is 0.229 e. The molecule has 1 saturated heterocycles. The summed E-state index contributed by atoms with van der Waals surface area (Å²) in [4.78, 5) is 11.8. The largest absolute Gasteiger partial charge is 0.399 e. The second-order valence-corrected chi connectivity index (χ2v) is 4.12. The number of anilines is 2. The molecule has 16 heavy (non-hydrogen) atoms. The van der Waals surface area contributed by atoms with Gasteiger partial charge in [0, 0.05) is 18.0 Å². The van der Waals surface area contributed by atoms with Crippen LogP contribution in [-0.4, -0.2) is 19.1 Å². The predicted octanol–water partition coefficient (Wildman–Crippen LogP) is 1.55. The molecular weight excluding hydrogens is 204 g/mol. The number of amides is 1. The van der Waals surface area contributed by atoms with Gasteiger partial charge < -0.3 is 15.8 Å². The summed E-state index contributed by atoms with van der Waals surface area (Å²) in [6, 6.07) is 5.47. The van der Waals surface area contributed by atoms with Gasteiger partial charge >= 0.3 is 0 Å². The van der Waals surface area contributed by atoms with Crippen molar-refractivity contribution in [2.24, 2.45) is 5.92 Å². The Morgan fingerprint density at radius 1 is 1.56 bits per heavy atom. The van der Waals surface area contributed by atoms with Gasteiger partial charge in [0.15, 0.2) is 0 Å². The van der Waals surface area contributed by atoms with Crippen molar-refractivity contribution in [3.8, 4) is 0 Å². The molecule has 3 N–H and O–H groups in total. The summed E-state index contributed by atoms with van der Waals surface area (Å²) in [6.45, 7) is 3.13. The highest BCUT2D eigenvalue weighted by atomic mass is 16.5. The maximum atomic E-state index is 11.8. The van der Waals surface area contributed by atoms with E-state index >= 15 is 0 Å². The molecule has 0 saturated carbocycles. The first-order valence-electron chi connectivity index (χ1n) is 5.41. The van der Waals surface area contributed by atoms with Gasteiger partial charge in [-0.05, 0) is 37.1 Å². The SMILES string of the molecule is Cc1cc(N)ccc1NC(=O)C1CCOC1. The summed E-state index contributed by atoms with van der Waals surface area (Å²) >= 11 is 0. The number of rotatable bonds is 2. The lowest BCUT2D eigenvalue weighted by molar-refractivity contribution is -0.119. The van der Waals surface area contributed by atoms with E-state index in [0.717, 1.165) is 17.7 Å². The van der Waals surface area contributed by atoms with Gasteiger partial charge in [-0.15, -0.1) is 0 Å². The van der Waals surface area contributed by atoms with Gasteiger partial charge in [-0.3, -0.25) is 4.79 Å². The summed E-state index contributed by atoms with van der Waals surface area (Å²) in [6.07, 6.45) is 0.805. The van der Waals surface area contributed by atoms with Crippen LogP contribution in [-0.2, 0) is 9.53 Å². The normalized spacial score (nSPS) is 19.7. The Kier molecular flexibility index (Phi) is 3.10. The minimum Gasteiger partial charge on any atom is -0.399 e. The highest BCUT2D eigenvalue weighted by Gasteiger charge is 2.23. The van der Waals surface area contributed by atoms with Gasteiger partial charge in [-0.25, -0.2) is 0 Å². The predicted molar refractivity (Wildman–Crippen MR) is 63.1 cm³/mol. The van der Waals surface area contributed by atoms with E-state index in [4.69, 9.17) is 10.5 Å². The monoisotopic (exact) mass is 220 g/mol. The fraction of sp³-hybridized carbons (Fsp3) is 0.417. The van der Waals surface area contributed by atoms with Crippen LogP contribution >= 0.6 is 0 Å². The fourth-order valence-electron chi connectivity index (χ4n) is 1.80. The first-order valence-corrected chi connectivity index (χ1v) is 5.41. The van der Waals surface area contributed by atoms with Crippen LogP contribution < -0.4 is 11.1 Å².